The first-order valence-corrected chi connectivity index (χ1v) is 9.31. The molecule has 3 nitrogen and oxygen atoms in total. The Bertz CT molecular complexity index is 596. The molecule has 1 spiro atoms. The molecule has 128 valence electrons. The molecule has 4 aliphatic carbocycles. The van der Waals surface area contributed by atoms with Crippen LogP contribution in [-0.2, 0) is 4.79 Å². The van der Waals surface area contributed by atoms with E-state index in [1.807, 2.05) is 6.92 Å². The van der Waals surface area contributed by atoms with Gasteiger partial charge in [-0.15, -0.1) is 0 Å². The highest BCUT2D eigenvalue weighted by molar-refractivity contribution is 5.94. The Morgan fingerprint density at radius 3 is 2.70 bits per heavy atom. The van der Waals surface area contributed by atoms with Crippen LogP contribution in [-0.4, -0.2) is 28.2 Å². The monoisotopic (exact) mass is 318 g/mol. The average molecular weight is 318 g/mol. The molecule has 23 heavy (non-hydrogen) atoms. The highest BCUT2D eigenvalue weighted by Gasteiger charge is 2.68. The molecule has 0 heterocycles. The Hall–Kier alpha value is -0.670. The normalized spacial score (nSPS) is 55.2. The van der Waals surface area contributed by atoms with E-state index in [-0.39, 0.29) is 29.1 Å². The van der Waals surface area contributed by atoms with Gasteiger partial charge in [0.25, 0.3) is 0 Å². The average Bonchev–Trinajstić information content (AvgIpc) is 2.65. The highest BCUT2D eigenvalue weighted by atomic mass is 16.3. The summed E-state index contributed by atoms with van der Waals surface area (Å²) in [5.74, 6) is 0.476. The maximum atomic E-state index is 13.1. The maximum absolute atomic E-state index is 13.1. The number of hydrogen-bond donors (Lipinski definition) is 2. The second kappa shape index (κ2) is 4.49. The third-order valence-corrected chi connectivity index (χ3v) is 8.34. The van der Waals surface area contributed by atoms with Crippen LogP contribution >= 0.6 is 0 Å². The second-order valence-corrected chi connectivity index (χ2v) is 9.44. The second-order valence-electron chi connectivity index (χ2n) is 9.44. The Kier molecular flexibility index (Phi) is 3.09. The quantitative estimate of drug-likeness (QED) is 0.730. The lowest BCUT2D eigenvalue weighted by molar-refractivity contribution is -0.133. The van der Waals surface area contributed by atoms with Crippen LogP contribution < -0.4 is 0 Å². The van der Waals surface area contributed by atoms with Crippen molar-refractivity contribution in [1.82, 2.24) is 0 Å². The molecular weight excluding hydrogens is 288 g/mol. The number of allylic oxidation sites excluding steroid dienone is 1. The summed E-state index contributed by atoms with van der Waals surface area (Å²) in [6.45, 7) is 6.72. The molecule has 2 bridgehead atoms. The molecular formula is C20H30O3. The number of Topliss-reactive ketones (excluding diaryl/α,β-unsaturated/α-hetero) is 1. The van der Waals surface area contributed by atoms with Gasteiger partial charge in [-0.25, -0.2) is 0 Å². The van der Waals surface area contributed by atoms with Crippen LogP contribution in [0.15, 0.2) is 11.6 Å². The molecule has 0 amide bonds. The first kappa shape index (κ1) is 15.8. The number of ketones is 1. The van der Waals surface area contributed by atoms with Gasteiger partial charge in [0.15, 0.2) is 0 Å². The third kappa shape index (κ3) is 1.71. The van der Waals surface area contributed by atoms with Crippen molar-refractivity contribution in [2.24, 2.45) is 28.1 Å². The maximum Gasteiger partial charge on any atom is 0.148 e. The molecule has 0 saturated heterocycles. The van der Waals surface area contributed by atoms with Crippen molar-refractivity contribution < 1.29 is 15.0 Å². The van der Waals surface area contributed by atoms with Crippen LogP contribution in [0.4, 0.5) is 0 Å². The number of rotatable bonds is 1. The van der Waals surface area contributed by atoms with Gasteiger partial charge in [-0.2, -0.15) is 0 Å². The summed E-state index contributed by atoms with van der Waals surface area (Å²) in [7, 11) is 0. The zero-order chi connectivity index (χ0) is 16.7. The first-order valence-electron chi connectivity index (χ1n) is 9.31. The molecule has 0 radical (unpaired) electrons. The van der Waals surface area contributed by atoms with Crippen LogP contribution in [0.5, 0.6) is 0 Å². The molecule has 0 aromatic rings. The van der Waals surface area contributed by atoms with Gasteiger partial charge in [0, 0.05) is 12.5 Å². The Labute approximate surface area is 139 Å². The number of hydrogen-bond acceptors (Lipinski definition) is 3. The minimum absolute atomic E-state index is 0.00896. The predicted molar refractivity (Wildman–Crippen MR) is 88.7 cm³/mol. The molecule has 3 saturated carbocycles. The molecule has 0 aliphatic heterocycles. The van der Waals surface area contributed by atoms with Gasteiger partial charge < -0.3 is 10.2 Å². The fraction of sp³-hybridized carbons (Fsp3) is 0.850. The van der Waals surface area contributed by atoms with Crippen molar-refractivity contribution in [2.75, 3.05) is 6.61 Å². The smallest absolute Gasteiger partial charge is 0.148 e. The third-order valence-electron chi connectivity index (χ3n) is 8.34. The van der Waals surface area contributed by atoms with Crippen molar-refractivity contribution in [3.63, 3.8) is 0 Å². The summed E-state index contributed by atoms with van der Waals surface area (Å²) < 4.78 is 0. The molecule has 0 aromatic carbocycles. The molecule has 0 unspecified atom stereocenters. The number of aliphatic hydroxyl groups is 2. The lowest BCUT2D eigenvalue weighted by Gasteiger charge is -2.60. The molecule has 4 aliphatic rings. The summed E-state index contributed by atoms with van der Waals surface area (Å²) in [6.07, 6.45) is 8.64. The topological polar surface area (TPSA) is 57.5 Å². The zero-order valence-corrected chi connectivity index (χ0v) is 14.7. The van der Waals surface area contributed by atoms with Gasteiger partial charge in [0.2, 0.25) is 0 Å². The molecule has 6 atom stereocenters. The van der Waals surface area contributed by atoms with Crippen LogP contribution in [0.3, 0.4) is 0 Å². The van der Waals surface area contributed by atoms with E-state index >= 15 is 0 Å². The number of fused-ring (bicyclic) bond motifs is 3. The SMILES string of the molecule is C[C@H]1C(=O)[C@@]23CC[C@@H]4[C@@](C)(CO)CCC[C@@]4(C)C2=CC[C@]1(O)C3. The van der Waals surface area contributed by atoms with E-state index in [9.17, 15) is 15.0 Å². The van der Waals surface area contributed by atoms with Crippen molar-refractivity contribution in [2.45, 2.75) is 71.3 Å². The Balaban J connectivity index is 1.83. The van der Waals surface area contributed by atoms with Crippen LogP contribution in [0, 0.1) is 28.1 Å². The van der Waals surface area contributed by atoms with E-state index in [1.54, 1.807) is 0 Å². The minimum atomic E-state index is -0.821. The summed E-state index contributed by atoms with van der Waals surface area (Å²) >= 11 is 0. The van der Waals surface area contributed by atoms with Gasteiger partial charge in [0.05, 0.1) is 11.0 Å². The molecule has 3 fully saturated rings. The standard InChI is InChI=1S/C20H30O3/c1-13-16(22)19-9-5-14-17(2,12-21)7-4-8-18(14,3)15(19)6-10-20(13,23)11-19/h6,13-14,21,23H,4-5,7-12H2,1-3H3/t13-,14+,17+,18+,19+,20-/m0/s1. The van der Waals surface area contributed by atoms with E-state index in [1.165, 1.54) is 5.57 Å². The van der Waals surface area contributed by atoms with E-state index in [0.717, 1.165) is 32.1 Å². The highest BCUT2D eigenvalue weighted by Crippen LogP contribution is 2.70. The van der Waals surface area contributed by atoms with Crippen LogP contribution in [0.1, 0.15) is 65.7 Å². The van der Waals surface area contributed by atoms with Crippen molar-refractivity contribution in [1.29, 1.82) is 0 Å². The lowest BCUT2D eigenvalue weighted by Crippen LogP contribution is -2.54. The van der Waals surface area contributed by atoms with Crippen molar-refractivity contribution >= 4 is 5.78 Å². The van der Waals surface area contributed by atoms with Crippen molar-refractivity contribution in [3.05, 3.63) is 11.6 Å². The first-order chi connectivity index (χ1) is 10.7. The largest absolute Gasteiger partial charge is 0.396 e. The van der Waals surface area contributed by atoms with Crippen LogP contribution in [0.2, 0.25) is 0 Å². The summed E-state index contributed by atoms with van der Waals surface area (Å²) in [6, 6.07) is 0. The lowest BCUT2D eigenvalue weighted by atomic mass is 9.44. The molecule has 4 rings (SSSR count). The number of aliphatic hydroxyl groups excluding tert-OH is 1. The predicted octanol–water partition coefficient (Wildman–Crippen LogP) is 3.24. The molecule has 3 heteroatoms. The van der Waals surface area contributed by atoms with Crippen LogP contribution in [0.25, 0.3) is 0 Å². The van der Waals surface area contributed by atoms with Gasteiger partial charge >= 0.3 is 0 Å². The zero-order valence-electron chi connectivity index (χ0n) is 14.7. The number of carbonyl (C=O) groups is 1. The van der Waals surface area contributed by atoms with Crippen molar-refractivity contribution in [3.8, 4) is 0 Å². The summed E-state index contributed by atoms with van der Waals surface area (Å²) in [4.78, 5) is 13.1. The summed E-state index contributed by atoms with van der Waals surface area (Å²) in [5.41, 5.74) is 0.0648. The van der Waals surface area contributed by atoms with E-state index < -0.39 is 11.0 Å². The number of carbonyl (C=O) groups excluding carboxylic acids is 1. The van der Waals surface area contributed by atoms with Gasteiger partial charge in [-0.3, -0.25) is 4.79 Å². The van der Waals surface area contributed by atoms with E-state index in [4.69, 9.17) is 0 Å². The Morgan fingerprint density at radius 2 is 2.00 bits per heavy atom. The minimum Gasteiger partial charge on any atom is -0.396 e. The Morgan fingerprint density at radius 1 is 1.26 bits per heavy atom. The summed E-state index contributed by atoms with van der Waals surface area (Å²) in [5, 5.41) is 21.0. The van der Waals surface area contributed by atoms with Gasteiger partial charge in [-0.1, -0.05) is 38.8 Å². The van der Waals surface area contributed by atoms with E-state index in [0.29, 0.717) is 18.8 Å². The molecule has 2 N–H and O–H groups in total. The van der Waals surface area contributed by atoms with Gasteiger partial charge in [-0.05, 0) is 55.3 Å². The fourth-order valence-corrected chi connectivity index (χ4v) is 7.04. The molecule has 0 aromatic heterocycles. The van der Waals surface area contributed by atoms with E-state index in [2.05, 4.69) is 19.9 Å². The van der Waals surface area contributed by atoms with Gasteiger partial charge in [0.1, 0.15) is 5.78 Å². The fourth-order valence-electron chi connectivity index (χ4n) is 7.04.